The summed E-state index contributed by atoms with van der Waals surface area (Å²) in [6.45, 7) is 1.98. The zero-order valence-corrected chi connectivity index (χ0v) is 18.8. The summed E-state index contributed by atoms with van der Waals surface area (Å²) < 4.78 is 12.8. The second-order valence-electron chi connectivity index (χ2n) is 7.47. The molecule has 0 fully saturated rings. The highest BCUT2D eigenvalue weighted by molar-refractivity contribution is 7.99. The molecule has 9 heteroatoms. The van der Waals surface area contributed by atoms with Gasteiger partial charge in [-0.2, -0.15) is 0 Å². The Bertz CT molecular complexity index is 1490. The van der Waals surface area contributed by atoms with Crippen LogP contribution in [0.3, 0.4) is 0 Å². The molecule has 0 atom stereocenters. The van der Waals surface area contributed by atoms with Gasteiger partial charge in [-0.15, -0.1) is 10.2 Å². The Morgan fingerprint density at radius 1 is 1.09 bits per heavy atom. The number of furan rings is 1. The van der Waals surface area contributed by atoms with E-state index in [9.17, 15) is 4.79 Å². The lowest BCUT2D eigenvalue weighted by atomic mass is 10.1. The summed E-state index contributed by atoms with van der Waals surface area (Å²) in [6, 6.07) is 19.2. The fourth-order valence-electron chi connectivity index (χ4n) is 3.72. The topological polar surface area (TPSA) is 108 Å². The molecule has 0 aliphatic heterocycles. The van der Waals surface area contributed by atoms with Crippen molar-refractivity contribution < 1.29 is 13.9 Å². The smallest absolute Gasteiger partial charge is 0.234 e. The Labute approximate surface area is 193 Å². The first-order valence-electron chi connectivity index (χ1n) is 10.2. The van der Waals surface area contributed by atoms with Crippen LogP contribution in [0.2, 0.25) is 0 Å². The number of rotatable bonds is 6. The normalized spacial score (nSPS) is 11.2. The van der Waals surface area contributed by atoms with Crippen molar-refractivity contribution in [2.24, 2.45) is 0 Å². The van der Waals surface area contributed by atoms with Crippen LogP contribution in [-0.4, -0.2) is 33.6 Å². The van der Waals surface area contributed by atoms with Crippen molar-refractivity contribution in [3.05, 3.63) is 66.2 Å². The summed E-state index contributed by atoms with van der Waals surface area (Å²) in [7, 11) is 1.57. The molecular weight excluding hydrogens is 438 g/mol. The summed E-state index contributed by atoms with van der Waals surface area (Å²) in [5.74, 6) is 7.17. The predicted molar refractivity (Wildman–Crippen MR) is 130 cm³/mol. The van der Waals surface area contributed by atoms with E-state index in [2.05, 4.69) is 15.5 Å². The van der Waals surface area contributed by atoms with Crippen LogP contribution in [-0.2, 0) is 4.79 Å². The number of hydrogen-bond acceptors (Lipinski definition) is 7. The lowest BCUT2D eigenvalue weighted by Crippen LogP contribution is -2.17. The number of amides is 1. The summed E-state index contributed by atoms with van der Waals surface area (Å²) >= 11 is 1.20. The Morgan fingerprint density at radius 3 is 2.70 bits per heavy atom. The number of anilines is 1. The zero-order valence-electron chi connectivity index (χ0n) is 18.0. The maximum Gasteiger partial charge on any atom is 0.234 e. The minimum Gasteiger partial charge on any atom is -0.495 e. The number of para-hydroxylation sites is 1. The Balaban J connectivity index is 1.33. The minimum absolute atomic E-state index is 0.102. The molecule has 2 aromatic heterocycles. The van der Waals surface area contributed by atoms with E-state index in [-0.39, 0.29) is 11.7 Å². The summed E-state index contributed by atoms with van der Waals surface area (Å²) in [6.07, 6.45) is 0. The highest BCUT2D eigenvalue weighted by Crippen LogP contribution is 2.36. The van der Waals surface area contributed by atoms with Crippen LogP contribution >= 0.6 is 11.8 Å². The van der Waals surface area contributed by atoms with Gasteiger partial charge in [0.25, 0.3) is 0 Å². The first kappa shape index (κ1) is 20.9. The fourth-order valence-corrected chi connectivity index (χ4v) is 4.37. The molecule has 0 radical (unpaired) electrons. The number of aryl methyl sites for hydroxylation is 1. The molecule has 5 rings (SSSR count). The van der Waals surface area contributed by atoms with Crippen LogP contribution in [0.4, 0.5) is 5.69 Å². The summed E-state index contributed by atoms with van der Waals surface area (Å²) in [4.78, 5) is 12.7. The van der Waals surface area contributed by atoms with Crippen LogP contribution in [0, 0.1) is 6.92 Å². The van der Waals surface area contributed by atoms with Crippen molar-refractivity contribution in [2.75, 3.05) is 24.0 Å². The Hall–Kier alpha value is -3.98. The first-order chi connectivity index (χ1) is 16.0. The Kier molecular flexibility index (Phi) is 5.39. The van der Waals surface area contributed by atoms with E-state index in [1.807, 2.05) is 61.5 Å². The first-order valence-corrected chi connectivity index (χ1v) is 11.2. The Morgan fingerprint density at radius 2 is 1.88 bits per heavy atom. The number of thioether (sulfide) groups is 1. The van der Waals surface area contributed by atoms with Gasteiger partial charge < -0.3 is 20.3 Å². The number of hydrogen-bond donors (Lipinski definition) is 2. The van der Waals surface area contributed by atoms with Crippen molar-refractivity contribution in [1.29, 1.82) is 0 Å². The summed E-state index contributed by atoms with van der Waals surface area (Å²) in [5, 5.41) is 13.6. The monoisotopic (exact) mass is 459 g/mol. The van der Waals surface area contributed by atoms with E-state index < -0.39 is 0 Å². The van der Waals surface area contributed by atoms with Crippen molar-refractivity contribution in [1.82, 2.24) is 14.9 Å². The van der Waals surface area contributed by atoms with Gasteiger partial charge >= 0.3 is 0 Å². The number of nitrogens with zero attached hydrogens (tertiary/aromatic N) is 3. The molecule has 0 spiro atoms. The maximum absolute atomic E-state index is 12.7. The number of methoxy groups -OCH3 is 1. The SMILES string of the molecule is COc1cc2c(cc1NC(=O)CSc1nnc(-c3ccccc3C)n1N)oc1ccccc12. The average Bonchev–Trinajstić information content (AvgIpc) is 3.37. The molecule has 166 valence electrons. The molecule has 3 aromatic carbocycles. The van der Waals surface area contributed by atoms with Gasteiger partial charge in [0, 0.05) is 22.4 Å². The molecule has 0 unspecified atom stereocenters. The number of ether oxygens (including phenoxy) is 1. The molecule has 0 bridgehead atoms. The van der Waals surface area contributed by atoms with Crippen LogP contribution in [0.5, 0.6) is 5.75 Å². The standard InChI is InChI=1S/C24H21N5O3S/c1-14-7-3-4-8-15(14)23-27-28-24(29(23)25)33-13-22(30)26-18-12-20-17(11-21(18)31-2)16-9-5-6-10-19(16)32-20/h3-12H,13,25H2,1-2H3,(H,26,30). The third-order valence-electron chi connectivity index (χ3n) is 5.36. The van der Waals surface area contributed by atoms with Crippen LogP contribution in [0.15, 0.2) is 70.2 Å². The number of nitrogen functional groups attached to an aromatic ring is 1. The van der Waals surface area contributed by atoms with Crippen LogP contribution < -0.4 is 15.9 Å². The number of carbonyl (C=O) groups excluding carboxylic acids is 1. The number of nitrogens with one attached hydrogen (secondary N) is 1. The third kappa shape index (κ3) is 3.87. The lowest BCUT2D eigenvalue weighted by molar-refractivity contribution is -0.113. The molecule has 8 nitrogen and oxygen atoms in total. The molecule has 5 aromatic rings. The number of aromatic nitrogens is 3. The molecule has 0 saturated heterocycles. The van der Waals surface area contributed by atoms with E-state index in [0.717, 1.165) is 27.5 Å². The van der Waals surface area contributed by atoms with Gasteiger partial charge in [-0.3, -0.25) is 4.79 Å². The quantitative estimate of drug-likeness (QED) is 0.282. The average molecular weight is 460 g/mol. The minimum atomic E-state index is -0.228. The van der Waals surface area contributed by atoms with Gasteiger partial charge in [0.05, 0.1) is 18.6 Å². The van der Waals surface area contributed by atoms with Gasteiger partial charge in [-0.05, 0) is 24.6 Å². The number of carbonyl (C=O) groups is 1. The predicted octanol–water partition coefficient (Wildman–Crippen LogP) is 4.61. The molecular formula is C24H21N5O3S. The van der Waals surface area contributed by atoms with Crippen LogP contribution in [0.1, 0.15) is 5.56 Å². The fraction of sp³-hybridized carbons (Fsp3) is 0.125. The molecule has 2 heterocycles. The van der Waals surface area contributed by atoms with Crippen molar-refractivity contribution in [3.8, 4) is 17.1 Å². The van der Waals surface area contributed by atoms with E-state index >= 15 is 0 Å². The van der Waals surface area contributed by atoms with E-state index in [4.69, 9.17) is 15.0 Å². The highest BCUT2D eigenvalue weighted by atomic mass is 32.2. The van der Waals surface area contributed by atoms with Gasteiger partial charge in [-0.1, -0.05) is 54.2 Å². The lowest BCUT2D eigenvalue weighted by Gasteiger charge is -2.10. The van der Waals surface area contributed by atoms with E-state index in [1.54, 1.807) is 13.2 Å². The molecule has 33 heavy (non-hydrogen) atoms. The number of fused-ring (bicyclic) bond motifs is 3. The van der Waals surface area contributed by atoms with Crippen LogP contribution in [0.25, 0.3) is 33.3 Å². The molecule has 1 amide bonds. The van der Waals surface area contributed by atoms with Gasteiger partial charge in [0.15, 0.2) is 5.82 Å². The number of nitrogens with two attached hydrogens (primary N) is 1. The molecule has 3 N–H and O–H groups in total. The largest absolute Gasteiger partial charge is 0.495 e. The zero-order chi connectivity index (χ0) is 22.9. The number of benzene rings is 3. The highest BCUT2D eigenvalue weighted by Gasteiger charge is 2.17. The van der Waals surface area contributed by atoms with Gasteiger partial charge in [0.2, 0.25) is 11.1 Å². The third-order valence-corrected chi connectivity index (χ3v) is 6.30. The second kappa shape index (κ2) is 8.51. The molecule has 0 saturated carbocycles. The summed E-state index contributed by atoms with van der Waals surface area (Å²) in [5.41, 5.74) is 3.92. The second-order valence-corrected chi connectivity index (χ2v) is 8.42. The van der Waals surface area contributed by atoms with E-state index in [0.29, 0.717) is 28.0 Å². The molecule has 0 aliphatic carbocycles. The van der Waals surface area contributed by atoms with Gasteiger partial charge in [0.1, 0.15) is 16.9 Å². The van der Waals surface area contributed by atoms with Gasteiger partial charge in [-0.25, -0.2) is 4.68 Å². The molecule has 0 aliphatic rings. The van der Waals surface area contributed by atoms with E-state index in [1.165, 1.54) is 16.4 Å². The van der Waals surface area contributed by atoms with Crippen molar-refractivity contribution in [2.45, 2.75) is 12.1 Å². The maximum atomic E-state index is 12.7. The van der Waals surface area contributed by atoms with Crippen molar-refractivity contribution >= 4 is 45.3 Å². The van der Waals surface area contributed by atoms with Crippen molar-refractivity contribution in [3.63, 3.8) is 0 Å².